The average molecular weight is 452 g/mol. The molecule has 0 atom stereocenters. The van der Waals surface area contributed by atoms with Gasteiger partial charge in [0.15, 0.2) is 17.3 Å². The van der Waals surface area contributed by atoms with Gasteiger partial charge in [0, 0.05) is 30.7 Å². The molecule has 1 fully saturated rings. The molecule has 0 saturated heterocycles. The number of methoxy groups -OCH3 is 1. The van der Waals surface area contributed by atoms with Crippen molar-refractivity contribution < 1.29 is 18.7 Å². The van der Waals surface area contributed by atoms with E-state index in [1.54, 1.807) is 6.92 Å². The summed E-state index contributed by atoms with van der Waals surface area (Å²) in [5, 5.41) is 15.9. The van der Waals surface area contributed by atoms with Crippen molar-refractivity contribution in [2.75, 3.05) is 24.8 Å². The summed E-state index contributed by atoms with van der Waals surface area (Å²) in [6.45, 7) is 1.61. The monoisotopic (exact) mass is 451 g/mol. The molecule has 10 heteroatoms. The lowest BCUT2D eigenvalue weighted by atomic mass is 10.1. The molecule has 8 nitrogen and oxygen atoms in total. The number of carbonyl (C=O) groups is 2. The van der Waals surface area contributed by atoms with E-state index in [0.717, 1.165) is 12.8 Å². The molecule has 0 radical (unpaired) electrons. The van der Waals surface area contributed by atoms with E-state index < -0.39 is 11.7 Å². The van der Waals surface area contributed by atoms with Gasteiger partial charge >= 0.3 is 0 Å². The summed E-state index contributed by atoms with van der Waals surface area (Å²) in [5.74, 6) is -0.546. The lowest BCUT2D eigenvalue weighted by molar-refractivity contribution is -0.117. The van der Waals surface area contributed by atoms with E-state index in [0.29, 0.717) is 15.8 Å². The Kier molecular flexibility index (Phi) is 5.78. The molecule has 1 saturated carbocycles. The first-order valence-corrected chi connectivity index (χ1v) is 9.35. The molecule has 148 valence electrons. The molecule has 0 bridgehead atoms. The number of anilines is 3. The molecule has 1 aliphatic rings. The van der Waals surface area contributed by atoms with E-state index in [2.05, 4.69) is 42.1 Å². The number of aromatic nitrogens is 2. The Morgan fingerprint density at radius 3 is 2.57 bits per heavy atom. The van der Waals surface area contributed by atoms with Crippen LogP contribution < -0.4 is 20.7 Å². The number of rotatable bonds is 6. The predicted molar refractivity (Wildman–Crippen MR) is 105 cm³/mol. The van der Waals surface area contributed by atoms with Crippen LogP contribution >= 0.6 is 15.9 Å². The molecule has 2 aromatic rings. The summed E-state index contributed by atoms with van der Waals surface area (Å²) < 4.78 is 20.1. The maximum atomic E-state index is 14.2. The summed E-state index contributed by atoms with van der Waals surface area (Å²) in [5.41, 5.74) is 0.911. The van der Waals surface area contributed by atoms with Crippen LogP contribution in [0.2, 0.25) is 0 Å². The van der Waals surface area contributed by atoms with Gasteiger partial charge in [-0.25, -0.2) is 4.39 Å². The first-order valence-electron chi connectivity index (χ1n) is 8.56. The Labute approximate surface area is 169 Å². The molecule has 0 spiro atoms. The van der Waals surface area contributed by atoms with Crippen molar-refractivity contribution in [2.24, 2.45) is 5.92 Å². The molecule has 1 aromatic carbocycles. The van der Waals surface area contributed by atoms with Crippen LogP contribution in [0.3, 0.4) is 0 Å². The van der Waals surface area contributed by atoms with Crippen LogP contribution in [0, 0.1) is 18.7 Å². The topological polar surface area (TPSA) is 105 Å². The summed E-state index contributed by atoms with van der Waals surface area (Å²) in [4.78, 5) is 24.2. The van der Waals surface area contributed by atoms with Gasteiger partial charge in [0.25, 0.3) is 5.91 Å². The second-order valence-electron chi connectivity index (χ2n) is 6.34. The molecule has 0 aliphatic heterocycles. The third-order valence-corrected chi connectivity index (χ3v) is 5.27. The number of carbonyl (C=O) groups excluding carboxylic acids is 2. The third kappa shape index (κ3) is 4.06. The van der Waals surface area contributed by atoms with Crippen molar-refractivity contribution in [1.29, 1.82) is 0 Å². The number of amides is 2. The van der Waals surface area contributed by atoms with E-state index in [4.69, 9.17) is 4.74 Å². The average Bonchev–Trinajstić information content (AvgIpc) is 3.51. The second-order valence-corrected chi connectivity index (χ2v) is 7.13. The highest BCUT2D eigenvalue weighted by molar-refractivity contribution is 9.10. The van der Waals surface area contributed by atoms with Crippen LogP contribution in [0.5, 0.6) is 5.75 Å². The Morgan fingerprint density at radius 1 is 1.25 bits per heavy atom. The minimum absolute atomic E-state index is 0.00826. The molecule has 0 unspecified atom stereocenters. The largest absolute Gasteiger partial charge is 0.493 e. The van der Waals surface area contributed by atoms with E-state index in [-0.39, 0.29) is 34.7 Å². The predicted octanol–water partition coefficient (Wildman–Crippen LogP) is 3.15. The zero-order valence-electron chi connectivity index (χ0n) is 15.5. The van der Waals surface area contributed by atoms with Crippen LogP contribution in [0.1, 0.15) is 28.9 Å². The first kappa shape index (κ1) is 20.0. The number of hydrogen-bond acceptors (Lipinski definition) is 6. The Hall–Kier alpha value is -2.75. The molecular formula is C18H19BrFN5O3. The SMILES string of the molecule is CNC(=O)c1nnc(NC(=O)C2CC2)cc1Nc1cc(F)c(C)c(Br)c1OC. The van der Waals surface area contributed by atoms with Crippen LogP contribution in [0.15, 0.2) is 16.6 Å². The van der Waals surface area contributed by atoms with E-state index >= 15 is 0 Å². The quantitative estimate of drug-likeness (QED) is 0.622. The van der Waals surface area contributed by atoms with Gasteiger partial charge in [-0.3, -0.25) is 9.59 Å². The second kappa shape index (κ2) is 8.09. The van der Waals surface area contributed by atoms with E-state index in [9.17, 15) is 14.0 Å². The lowest BCUT2D eigenvalue weighted by Gasteiger charge is -2.17. The molecule has 28 heavy (non-hydrogen) atoms. The van der Waals surface area contributed by atoms with Crippen LogP contribution in [0.25, 0.3) is 0 Å². The Balaban J connectivity index is 2.01. The van der Waals surface area contributed by atoms with Crippen molar-refractivity contribution in [1.82, 2.24) is 15.5 Å². The summed E-state index contributed by atoms with van der Waals surface area (Å²) in [6.07, 6.45) is 1.68. The Bertz CT molecular complexity index is 949. The fourth-order valence-corrected chi connectivity index (χ4v) is 3.10. The number of halogens is 2. The van der Waals surface area contributed by atoms with Gasteiger partial charge in [0.05, 0.1) is 23.0 Å². The molecule has 2 amide bonds. The summed E-state index contributed by atoms with van der Waals surface area (Å²) in [7, 11) is 2.91. The fraction of sp³-hybridized carbons (Fsp3) is 0.333. The number of ether oxygens (including phenoxy) is 1. The number of benzene rings is 1. The van der Waals surface area contributed by atoms with Crippen molar-refractivity contribution in [3.05, 3.63) is 33.7 Å². The minimum Gasteiger partial charge on any atom is -0.493 e. The normalized spacial score (nSPS) is 13.0. The number of nitrogens with zero attached hydrogens (tertiary/aromatic N) is 2. The van der Waals surface area contributed by atoms with Crippen LogP contribution in [-0.4, -0.2) is 36.2 Å². The zero-order valence-corrected chi connectivity index (χ0v) is 17.1. The van der Waals surface area contributed by atoms with Crippen LogP contribution in [-0.2, 0) is 4.79 Å². The van der Waals surface area contributed by atoms with Crippen molar-refractivity contribution in [3.63, 3.8) is 0 Å². The molecular weight excluding hydrogens is 433 g/mol. The third-order valence-electron chi connectivity index (χ3n) is 4.31. The fourth-order valence-electron chi connectivity index (χ4n) is 2.54. The molecule has 1 aliphatic carbocycles. The molecule has 3 N–H and O–H groups in total. The van der Waals surface area contributed by atoms with Gasteiger partial charge in [-0.1, -0.05) is 0 Å². The van der Waals surface area contributed by atoms with Gasteiger partial charge < -0.3 is 20.7 Å². The summed E-state index contributed by atoms with van der Waals surface area (Å²) >= 11 is 3.32. The summed E-state index contributed by atoms with van der Waals surface area (Å²) in [6, 6.07) is 2.73. The number of nitrogens with one attached hydrogen (secondary N) is 3. The van der Waals surface area contributed by atoms with Gasteiger partial charge in [0.1, 0.15) is 5.82 Å². The lowest BCUT2D eigenvalue weighted by Crippen LogP contribution is -2.22. The van der Waals surface area contributed by atoms with Crippen molar-refractivity contribution >= 4 is 44.9 Å². The standard InChI is InChI=1S/C18H19BrFN5O3/c1-8-10(20)6-12(16(28-3)14(8)19)22-11-7-13(23-17(26)9-4-5-9)24-25-15(11)18(27)21-2/h6-7,9H,4-5H2,1-3H3,(H,21,27)(H2,22,23,24,26). The Morgan fingerprint density at radius 2 is 1.96 bits per heavy atom. The minimum atomic E-state index is -0.485. The van der Waals surface area contributed by atoms with Crippen molar-refractivity contribution in [3.8, 4) is 5.75 Å². The van der Waals surface area contributed by atoms with E-state index in [1.807, 2.05) is 0 Å². The highest BCUT2D eigenvalue weighted by atomic mass is 79.9. The molecule has 1 heterocycles. The van der Waals surface area contributed by atoms with Gasteiger partial charge in [-0.2, -0.15) is 0 Å². The molecule has 1 aromatic heterocycles. The molecule has 3 rings (SSSR count). The maximum Gasteiger partial charge on any atom is 0.273 e. The van der Waals surface area contributed by atoms with Gasteiger partial charge in [0.2, 0.25) is 5.91 Å². The smallest absolute Gasteiger partial charge is 0.273 e. The zero-order chi connectivity index (χ0) is 20.4. The van der Waals surface area contributed by atoms with Gasteiger partial charge in [-0.05, 0) is 35.7 Å². The van der Waals surface area contributed by atoms with Gasteiger partial charge in [-0.15, -0.1) is 10.2 Å². The van der Waals surface area contributed by atoms with Crippen LogP contribution in [0.4, 0.5) is 21.6 Å². The van der Waals surface area contributed by atoms with Crippen molar-refractivity contribution in [2.45, 2.75) is 19.8 Å². The maximum absolute atomic E-state index is 14.2. The number of hydrogen-bond donors (Lipinski definition) is 3. The van der Waals surface area contributed by atoms with E-state index in [1.165, 1.54) is 26.3 Å². The first-order chi connectivity index (χ1) is 13.3. The highest BCUT2D eigenvalue weighted by Crippen LogP contribution is 2.39. The highest BCUT2D eigenvalue weighted by Gasteiger charge is 2.30.